The van der Waals surface area contributed by atoms with Crippen LogP contribution in [0.25, 0.3) is 10.6 Å². The molecule has 2 aliphatic heterocycles. The van der Waals surface area contributed by atoms with Crippen LogP contribution < -0.4 is 5.56 Å². The standard InChI is InChI=1S/C13H9NO2S2/c15-11(8-4-2-1-3-5-8)6-9-12-10(7-17-18-12)14-13(9)16/h1-5,7H,6H2,(H,14,16). The van der Waals surface area contributed by atoms with Crippen molar-refractivity contribution in [3.8, 4) is 10.6 Å². The maximum Gasteiger partial charge on any atom is 0.253 e. The molecular formula is C13H9NO2S2. The van der Waals surface area contributed by atoms with Crippen molar-refractivity contribution in [2.24, 2.45) is 0 Å². The molecule has 0 fully saturated rings. The Morgan fingerprint density at radius 2 is 2.00 bits per heavy atom. The number of hydrogen-bond donors (Lipinski definition) is 1. The minimum Gasteiger partial charge on any atom is -0.320 e. The van der Waals surface area contributed by atoms with Gasteiger partial charge < -0.3 is 4.98 Å². The third-order valence-corrected chi connectivity index (χ3v) is 4.91. The summed E-state index contributed by atoms with van der Waals surface area (Å²) in [5, 5.41) is 1.90. The fourth-order valence-electron chi connectivity index (χ4n) is 1.87. The molecule has 0 saturated heterocycles. The van der Waals surface area contributed by atoms with Gasteiger partial charge >= 0.3 is 0 Å². The highest BCUT2D eigenvalue weighted by molar-refractivity contribution is 7.70. The Labute approximate surface area is 110 Å². The van der Waals surface area contributed by atoms with Crippen LogP contribution in [-0.2, 0) is 6.42 Å². The lowest BCUT2D eigenvalue weighted by molar-refractivity contribution is 0.0993. The molecule has 0 bridgehead atoms. The molecule has 0 amide bonds. The van der Waals surface area contributed by atoms with E-state index in [4.69, 9.17) is 0 Å². The van der Waals surface area contributed by atoms with Crippen LogP contribution in [0.3, 0.4) is 0 Å². The Bertz CT molecular complexity index is 708. The van der Waals surface area contributed by atoms with E-state index < -0.39 is 0 Å². The number of carbonyl (C=O) groups is 1. The molecule has 0 spiro atoms. The second kappa shape index (κ2) is 4.51. The predicted octanol–water partition coefficient (Wildman–Crippen LogP) is 3.03. The smallest absolute Gasteiger partial charge is 0.253 e. The Balaban J connectivity index is 1.94. The van der Waals surface area contributed by atoms with Gasteiger partial charge in [-0.15, -0.1) is 0 Å². The Morgan fingerprint density at radius 1 is 1.22 bits per heavy atom. The fraction of sp³-hybridized carbons (Fsp3) is 0.0769. The highest BCUT2D eigenvalue weighted by atomic mass is 32.9. The highest BCUT2D eigenvalue weighted by Gasteiger charge is 2.19. The first-order valence-electron chi connectivity index (χ1n) is 5.42. The monoisotopic (exact) mass is 275 g/mol. The molecule has 90 valence electrons. The number of hydrogen-bond acceptors (Lipinski definition) is 4. The number of aromatic amines is 1. The largest absolute Gasteiger partial charge is 0.320 e. The minimum absolute atomic E-state index is 0.0213. The van der Waals surface area contributed by atoms with Crippen LogP contribution in [0.5, 0.6) is 0 Å². The van der Waals surface area contributed by atoms with Crippen LogP contribution in [-0.4, -0.2) is 10.8 Å². The van der Waals surface area contributed by atoms with Crippen LogP contribution in [0.4, 0.5) is 0 Å². The van der Waals surface area contributed by atoms with Gasteiger partial charge in [0.05, 0.1) is 10.6 Å². The second-order valence-corrected chi connectivity index (χ2v) is 6.02. The zero-order chi connectivity index (χ0) is 12.5. The number of carbonyl (C=O) groups excluding carboxylic acids is 1. The van der Waals surface area contributed by atoms with Gasteiger partial charge in [0, 0.05) is 22.9 Å². The number of rotatable bonds is 3. The molecule has 5 heteroatoms. The third kappa shape index (κ3) is 1.91. The molecule has 0 aromatic heterocycles. The summed E-state index contributed by atoms with van der Waals surface area (Å²) >= 11 is 0. The molecule has 0 atom stereocenters. The van der Waals surface area contributed by atoms with E-state index in [9.17, 15) is 9.59 Å². The first kappa shape index (κ1) is 11.4. The molecule has 0 saturated carbocycles. The fourth-order valence-corrected chi connectivity index (χ4v) is 4.12. The van der Waals surface area contributed by atoms with E-state index in [1.54, 1.807) is 22.5 Å². The van der Waals surface area contributed by atoms with Crippen molar-refractivity contribution in [2.45, 2.75) is 6.42 Å². The molecule has 2 aliphatic rings. The predicted molar refractivity (Wildman–Crippen MR) is 73.9 cm³/mol. The lowest BCUT2D eigenvalue weighted by Crippen LogP contribution is -2.11. The molecule has 2 heterocycles. The van der Waals surface area contributed by atoms with Crippen molar-refractivity contribution in [2.75, 3.05) is 0 Å². The Morgan fingerprint density at radius 3 is 2.78 bits per heavy atom. The van der Waals surface area contributed by atoms with Gasteiger partial charge in [-0.1, -0.05) is 51.0 Å². The first-order valence-corrected chi connectivity index (χ1v) is 7.63. The van der Waals surface area contributed by atoms with Gasteiger partial charge in [0.1, 0.15) is 0 Å². The van der Waals surface area contributed by atoms with Crippen LogP contribution in [0, 0.1) is 0 Å². The van der Waals surface area contributed by atoms with Gasteiger partial charge in [0.15, 0.2) is 5.78 Å². The van der Waals surface area contributed by atoms with E-state index in [1.165, 1.54) is 10.3 Å². The van der Waals surface area contributed by atoms with Gasteiger partial charge in [-0.25, -0.2) is 0 Å². The van der Waals surface area contributed by atoms with E-state index in [0.29, 0.717) is 11.1 Å². The quantitative estimate of drug-likeness (QED) is 0.590. The van der Waals surface area contributed by atoms with Gasteiger partial charge in [0.2, 0.25) is 0 Å². The van der Waals surface area contributed by atoms with Crippen molar-refractivity contribution in [3.05, 3.63) is 57.2 Å². The van der Waals surface area contributed by atoms with Gasteiger partial charge in [-0.2, -0.15) is 0 Å². The Hall–Kier alpha value is -1.72. The maximum absolute atomic E-state index is 12.1. The molecule has 1 aromatic rings. The van der Waals surface area contributed by atoms with E-state index in [2.05, 4.69) is 4.98 Å². The number of ketones is 1. The zero-order valence-corrected chi connectivity index (χ0v) is 10.9. The molecule has 1 aromatic carbocycles. The lowest BCUT2D eigenvalue weighted by Gasteiger charge is -1.98. The average molecular weight is 275 g/mol. The molecule has 0 radical (unpaired) electrons. The van der Waals surface area contributed by atoms with E-state index in [0.717, 1.165) is 10.6 Å². The summed E-state index contributed by atoms with van der Waals surface area (Å²) in [6.45, 7) is 0. The summed E-state index contributed by atoms with van der Waals surface area (Å²) in [6.07, 6.45) is 0.163. The second-order valence-electron chi connectivity index (χ2n) is 3.94. The van der Waals surface area contributed by atoms with Crippen LogP contribution >= 0.6 is 20.7 Å². The number of benzene rings is 1. The molecule has 0 aliphatic carbocycles. The molecule has 3 rings (SSSR count). The topological polar surface area (TPSA) is 49.9 Å². The highest BCUT2D eigenvalue weighted by Crippen LogP contribution is 2.32. The normalized spacial score (nSPS) is 10.9. The molecule has 3 nitrogen and oxygen atoms in total. The number of nitrogens with one attached hydrogen (secondary N) is 1. The first-order chi connectivity index (χ1) is 8.75. The van der Waals surface area contributed by atoms with Gasteiger partial charge in [-0.05, 0) is 0 Å². The minimum atomic E-state index is -0.145. The summed E-state index contributed by atoms with van der Waals surface area (Å²) in [6, 6.07) is 9.06. The molecule has 1 N–H and O–H groups in total. The summed E-state index contributed by atoms with van der Waals surface area (Å²) < 4.78 is 0. The summed E-state index contributed by atoms with van der Waals surface area (Å²) in [5.74, 6) is -0.0213. The van der Waals surface area contributed by atoms with Gasteiger partial charge in [-0.3, -0.25) is 9.59 Å². The average Bonchev–Trinajstić information content (AvgIpc) is 2.94. The summed E-state index contributed by atoms with van der Waals surface area (Å²) in [5.41, 5.74) is 1.93. The zero-order valence-electron chi connectivity index (χ0n) is 9.30. The van der Waals surface area contributed by atoms with E-state index in [-0.39, 0.29) is 17.8 Å². The summed E-state index contributed by atoms with van der Waals surface area (Å²) in [7, 11) is 3.10. The maximum atomic E-state index is 12.1. The van der Waals surface area contributed by atoms with Crippen molar-refractivity contribution >= 4 is 26.5 Å². The van der Waals surface area contributed by atoms with Crippen molar-refractivity contribution in [1.82, 2.24) is 4.98 Å². The van der Waals surface area contributed by atoms with Crippen LogP contribution in [0.1, 0.15) is 15.9 Å². The number of fused-ring (bicyclic) bond motifs is 1. The van der Waals surface area contributed by atoms with Crippen molar-refractivity contribution in [1.29, 1.82) is 0 Å². The third-order valence-electron chi connectivity index (χ3n) is 2.77. The molecule has 0 unspecified atom stereocenters. The van der Waals surface area contributed by atoms with E-state index >= 15 is 0 Å². The number of H-pyrrole nitrogens is 1. The number of Topliss-reactive ketones (excluding diaryl/α,β-unsaturated/α-hetero) is 1. The van der Waals surface area contributed by atoms with Crippen LogP contribution in [0.15, 0.2) is 40.5 Å². The number of aromatic nitrogens is 1. The van der Waals surface area contributed by atoms with Crippen molar-refractivity contribution in [3.63, 3.8) is 0 Å². The molecule has 18 heavy (non-hydrogen) atoms. The van der Waals surface area contributed by atoms with Crippen molar-refractivity contribution < 1.29 is 4.79 Å². The molecular weight excluding hydrogens is 266 g/mol. The summed E-state index contributed by atoms with van der Waals surface area (Å²) in [4.78, 5) is 27.5. The van der Waals surface area contributed by atoms with E-state index in [1.807, 2.05) is 23.6 Å². The Kier molecular flexibility index (Phi) is 2.85. The van der Waals surface area contributed by atoms with Crippen LogP contribution in [0.2, 0.25) is 0 Å². The van der Waals surface area contributed by atoms with Gasteiger partial charge in [0.25, 0.3) is 5.56 Å². The lowest BCUT2D eigenvalue weighted by atomic mass is 10.0. The SMILES string of the molecule is O=C(Cc1c2sscc-2[nH]c1=O)c1ccccc1.